The van der Waals surface area contributed by atoms with Crippen molar-refractivity contribution < 1.29 is 0 Å². The Hall–Kier alpha value is -4.18. The second kappa shape index (κ2) is 7.82. The maximum Gasteiger partial charge on any atom is 0.143 e. The second-order valence-electron chi connectivity index (χ2n) is 8.03. The van der Waals surface area contributed by atoms with E-state index in [2.05, 4.69) is 94.2 Å². The molecule has 0 unspecified atom stereocenters. The molecular formula is C28H22N4. The number of rotatable bonds is 5. The monoisotopic (exact) mass is 414 g/mol. The minimum atomic E-state index is 0.766. The Balaban J connectivity index is 1.55. The fourth-order valence-corrected chi connectivity index (χ4v) is 4.41. The van der Waals surface area contributed by atoms with Gasteiger partial charge in [0.1, 0.15) is 11.5 Å². The van der Waals surface area contributed by atoms with E-state index in [1.807, 2.05) is 24.4 Å². The highest BCUT2D eigenvalue weighted by Gasteiger charge is 2.18. The van der Waals surface area contributed by atoms with E-state index in [9.17, 15) is 0 Å². The van der Waals surface area contributed by atoms with Crippen molar-refractivity contribution in [1.29, 1.82) is 0 Å². The first kappa shape index (κ1) is 18.6. The fraction of sp³-hybridized carbons (Fsp3) is 0.0714. The molecule has 0 N–H and O–H groups in total. The van der Waals surface area contributed by atoms with E-state index in [1.165, 1.54) is 11.1 Å². The summed E-state index contributed by atoms with van der Waals surface area (Å²) in [6.07, 6.45) is 4.06. The Morgan fingerprint density at radius 2 is 1.34 bits per heavy atom. The summed E-state index contributed by atoms with van der Waals surface area (Å²) in [6, 6.07) is 33.6. The summed E-state index contributed by atoms with van der Waals surface area (Å²) in [6.45, 7) is 1.54. The number of hydrogen-bond donors (Lipinski definition) is 0. The number of para-hydroxylation sites is 2. The number of aromatic nitrogens is 4. The van der Waals surface area contributed by atoms with Crippen LogP contribution < -0.4 is 0 Å². The van der Waals surface area contributed by atoms with Gasteiger partial charge in [-0.3, -0.25) is 0 Å². The fourth-order valence-electron chi connectivity index (χ4n) is 4.41. The third-order valence-corrected chi connectivity index (χ3v) is 5.91. The summed E-state index contributed by atoms with van der Waals surface area (Å²) in [5, 5.41) is 1.12. The summed E-state index contributed by atoms with van der Waals surface area (Å²) < 4.78 is 4.55. The molecule has 4 nitrogen and oxygen atoms in total. The molecule has 6 aromatic rings. The smallest absolute Gasteiger partial charge is 0.143 e. The number of nitrogens with zero attached hydrogens (tertiary/aromatic N) is 4. The zero-order valence-electron chi connectivity index (χ0n) is 17.6. The summed E-state index contributed by atoms with van der Waals surface area (Å²) in [5.74, 6) is 0.972. The molecule has 0 aliphatic carbocycles. The summed E-state index contributed by atoms with van der Waals surface area (Å²) in [5.41, 5.74) is 6.73. The average Bonchev–Trinajstić information content (AvgIpc) is 3.39. The highest BCUT2D eigenvalue weighted by atomic mass is 15.1. The Bertz CT molecular complexity index is 1510. The molecule has 0 atom stereocenters. The molecule has 0 fully saturated rings. The molecule has 0 spiro atoms. The lowest BCUT2D eigenvalue weighted by Crippen LogP contribution is -2.02. The van der Waals surface area contributed by atoms with Gasteiger partial charge in [0.2, 0.25) is 0 Å². The number of imidazole rings is 1. The maximum absolute atomic E-state index is 5.07. The highest BCUT2D eigenvalue weighted by Crippen LogP contribution is 2.32. The van der Waals surface area contributed by atoms with Crippen LogP contribution in [0.2, 0.25) is 0 Å². The lowest BCUT2D eigenvalue weighted by Gasteiger charge is -2.09. The van der Waals surface area contributed by atoms with Gasteiger partial charge in [0.15, 0.2) is 0 Å². The Morgan fingerprint density at radius 3 is 2.12 bits per heavy atom. The predicted octanol–water partition coefficient (Wildman–Crippen LogP) is 6.15. The molecule has 3 aromatic carbocycles. The average molecular weight is 415 g/mol. The van der Waals surface area contributed by atoms with Gasteiger partial charge in [-0.2, -0.15) is 0 Å². The van der Waals surface area contributed by atoms with E-state index < -0.39 is 0 Å². The van der Waals surface area contributed by atoms with Gasteiger partial charge in [-0.15, -0.1) is 0 Å². The molecule has 0 bridgehead atoms. The Morgan fingerprint density at radius 1 is 0.656 bits per heavy atom. The lowest BCUT2D eigenvalue weighted by atomic mass is 10.2. The van der Waals surface area contributed by atoms with Crippen LogP contribution in [0.25, 0.3) is 33.5 Å². The first-order valence-electron chi connectivity index (χ1n) is 10.8. The molecular weight excluding hydrogens is 392 g/mol. The highest BCUT2D eigenvalue weighted by molar-refractivity contribution is 5.94. The number of benzene rings is 3. The minimum Gasteiger partial charge on any atom is -0.327 e. The molecule has 154 valence electrons. The van der Waals surface area contributed by atoms with Crippen molar-refractivity contribution in [3.8, 4) is 11.4 Å². The number of pyridine rings is 1. The number of hydrogen-bond acceptors (Lipinski definition) is 2. The lowest BCUT2D eigenvalue weighted by molar-refractivity contribution is 0.817. The third-order valence-electron chi connectivity index (χ3n) is 5.91. The van der Waals surface area contributed by atoms with E-state index in [0.717, 1.165) is 46.5 Å². The summed E-state index contributed by atoms with van der Waals surface area (Å²) >= 11 is 0. The quantitative estimate of drug-likeness (QED) is 0.339. The van der Waals surface area contributed by atoms with Crippen molar-refractivity contribution in [3.05, 3.63) is 121 Å². The molecule has 0 saturated heterocycles. The van der Waals surface area contributed by atoms with Crippen LogP contribution >= 0.6 is 0 Å². The molecule has 0 amide bonds. The molecule has 4 heteroatoms. The zero-order chi connectivity index (χ0) is 21.3. The summed E-state index contributed by atoms with van der Waals surface area (Å²) in [7, 11) is 0. The number of fused-ring (bicyclic) bond motifs is 2. The van der Waals surface area contributed by atoms with Gasteiger partial charge in [0.05, 0.1) is 11.0 Å². The molecule has 32 heavy (non-hydrogen) atoms. The predicted molar refractivity (Wildman–Crippen MR) is 130 cm³/mol. The van der Waals surface area contributed by atoms with E-state index in [1.54, 1.807) is 0 Å². The second-order valence-corrected chi connectivity index (χ2v) is 8.03. The van der Waals surface area contributed by atoms with Crippen molar-refractivity contribution >= 4 is 22.1 Å². The SMILES string of the molecule is c1ccc(Cn2cc(-c3nc4ccccc4n3Cc3ccccc3)c3cccnc32)cc1. The maximum atomic E-state index is 5.07. The van der Waals surface area contributed by atoms with Crippen LogP contribution in [0.1, 0.15) is 11.1 Å². The Kier molecular flexibility index (Phi) is 4.54. The largest absolute Gasteiger partial charge is 0.327 e. The van der Waals surface area contributed by atoms with Gasteiger partial charge in [-0.05, 0) is 35.4 Å². The third kappa shape index (κ3) is 3.26. The van der Waals surface area contributed by atoms with Gasteiger partial charge in [0, 0.05) is 36.4 Å². The van der Waals surface area contributed by atoms with Gasteiger partial charge >= 0.3 is 0 Å². The van der Waals surface area contributed by atoms with Crippen LogP contribution in [0.15, 0.2) is 109 Å². The van der Waals surface area contributed by atoms with Crippen LogP contribution in [-0.2, 0) is 13.1 Å². The summed E-state index contributed by atoms with van der Waals surface area (Å²) in [4.78, 5) is 9.79. The van der Waals surface area contributed by atoms with Crippen molar-refractivity contribution in [3.63, 3.8) is 0 Å². The van der Waals surface area contributed by atoms with Crippen LogP contribution in [0.4, 0.5) is 0 Å². The molecule has 0 radical (unpaired) electrons. The first-order chi connectivity index (χ1) is 15.9. The van der Waals surface area contributed by atoms with E-state index in [4.69, 9.17) is 9.97 Å². The van der Waals surface area contributed by atoms with Crippen molar-refractivity contribution in [2.45, 2.75) is 13.1 Å². The van der Waals surface area contributed by atoms with Crippen LogP contribution in [0.5, 0.6) is 0 Å². The van der Waals surface area contributed by atoms with Crippen LogP contribution in [0, 0.1) is 0 Å². The molecule has 6 rings (SSSR count). The van der Waals surface area contributed by atoms with Crippen LogP contribution in [0.3, 0.4) is 0 Å². The molecule has 3 heterocycles. The van der Waals surface area contributed by atoms with Gasteiger partial charge in [-0.1, -0.05) is 72.8 Å². The van der Waals surface area contributed by atoms with Gasteiger partial charge < -0.3 is 9.13 Å². The zero-order valence-corrected chi connectivity index (χ0v) is 17.6. The van der Waals surface area contributed by atoms with E-state index in [-0.39, 0.29) is 0 Å². The van der Waals surface area contributed by atoms with Crippen molar-refractivity contribution in [1.82, 2.24) is 19.1 Å². The molecule has 3 aromatic heterocycles. The molecule has 0 aliphatic heterocycles. The standard InChI is InChI=1S/C28H22N4/c1-3-10-21(11-4-1)18-31-20-24(23-14-9-17-29-27(23)31)28-30-25-15-7-8-16-26(25)32(28)19-22-12-5-2-6-13-22/h1-17,20H,18-19H2. The van der Waals surface area contributed by atoms with Crippen molar-refractivity contribution in [2.75, 3.05) is 0 Å². The molecule has 0 aliphatic rings. The Labute approximate surface area is 186 Å². The van der Waals surface area contributed by atoms with Gasteiger partial charge in [-0.25, -0.2) is 9.97 Å². The van der Waals surface area contributed by atoms with Crippen LogP contribution in [-0.4, -0.2) is 19.1 Å². The van der Waals surface area contributed by atoms with E-state index >= 15 is 0 Å². The van der Waals surface area contributed by atoms with Crippen molar-refractivity contribution in [2.24, 2.45) is 0 Å². The minimum absolute atomic E-state index is 0.766. The topological polar surface area (TPSA) is 35.6 Å². The normalized spacial score (nSPS) is 11.4. The van der Waals surface area contributed by atoms with E-state index in [0.29, 0.717) is 0 Å². The molecule has 0 saturated carbocycles. The van der Waals surface area contributed by atoms with Gasteiger partial charge in [0.25, 0.3) is 0 Å². The first-order valence-corrected chi connectivity index (χ1v) is 10.8.